The molecule has 5 aromatic rings. The third-order valence-electron chi connectivity index (χ3n) is 6.90. The van der Waals surface area contributed by atoms with Gasteiger partial charge in [-0.3, -0.25) is 9.36 Å². The van der Waals surface area contributed by atoms with Crippen LogP contribution in [0.4, 0.5) is 0 Å². The first-order valence-electron chi connectivity index (χ1n) is 11.4. The zero-order chi connectivity index (χ0) is 22.8. The molecule has 1 aliphatic carbocycles. The number of thiophene rings is 1. The number of aromatic nitrogens is 2. The molecule has 0 N–H and O–H groups in total. The van der Waals surface area contributed by atoms with Gasteiger partial charge in [-0.1, -0.05) is 59.9 Å². The minimum atomic E-state index is -0.0886. The molecule has 2 aliphatic rings. The largest absolute Gasteiger partial charge is 0.350 e. The molecule has 3 aromatic heterocycles. The molecule has 1 aliphatic heterocycles. The van der Waals surface area contributed by atoms with Gasteiger partial charge in [0.25, 0.3) is 5.56 Å². The van der Waals surface area contributed by atoms with Crippen molar-refractivity contribution in [3.05, 3.63) is 119 Å². The summed E-state index contributed by atoms with van der Waals surface area (Å²) in [6.07, 6.45) is 6.04. The quantitative estimate of drug-likeness (QED) is 0.356. The molecule has 0 amide bonds. The van der Waals surface area contributed by atoms with Crippen molar-refractivity contribution in [2.45, 2.75) is 18.9 Å². The number of hydrogen-bond acceptors (Lipinski definition) is 4. The Kier molecular flexibility index (Phi) is 4.41. The van der Waals surface area contributed by atoms with Gasteiger partial charge in [-0.2, -0.15) is 0 Å². The van der Waals surface area contributed by atoms with E-state index in [2.05, 4.69) is 64.7 Å². The molecule has 0 fully saturated rings. The van der Waals surface area contributed by atoms with Crippen molar-refractivity contribution in [3.8, 4) is 0 Å². The monoisotopic (exact) mass is 479 g/mol. The molecule has 0 saturated heterocycles. The van der Waals surface area contributed by atoms with E-state index in [-0.39, 0.29) is 11.6 Å². The van der Waals surface area contributed by atoms with Crippen molar-refractivity contribution < 1.29 is 0 Å². The van der Waals surface area contributed by atoms with E-state index in [4.69, 9.17) is 4.99 Å². The lowest BCUT2D eigenvalue weighted by molar-refractivity contribution is 0.593. The highest BCUT2D eigenvalue weighted by Gasteiger charge is 2.33. The fourth-order valence-corrected chi connectivity index (χ4v) is 7.19. The van der Waals surface area contributed by atoms with Crippen molar-refractivity contribution in [2.24, 2.45) is 12.0 Å². The van der Waals surface area contributed by atoms with Gasteiger partial charge >= 0.3 is 0 Å². The molecule has 4 heterocycles. The number of para-hydroxylation sites is 1. The summed E-state index contributed by atoms with van der Waals surface area (Å²) < 4.78 is 4.77. The summed E-state index contributed by atoms with van der Waals surface area (Å²) in [6, 6.07) is 21.0. The number of aryl methyl sites for hydroxylation is 2. The van der Waals surface area contributed by atoms with Gasteiger partial charge < -0.3 is 4.57 Å². The Labute approximate surface area is 204 Å². The van der Waals surface area contributed by atoms with Crippen LogP contribution in [0.2, 0.25) is 0 Å². The highest BCUT2D eigenvalue weighted by molar-refractivity contribution is 7.10. The maximum absolute atomic E-state index is 13.8. The van der Waals surface area contributed by atoms with Gasteiger partial charge in [0.2, 0.25) is 0 Å². The number of allylic oxidation sites excluding steroid dienone is 1. The van der Waals surface area contributed by atoms with Crippen LogP contribution >= 0.6 is 22.7 Å². The third kappa shape index (κ3) is 2.89. The van der Waals surface area contributed by atoms with E-state index in [1.807, 2.05) is 29.8 Å². The van der Waals surface area contributed by atoms with Crippen LogP contribution in [0, 0.1) is 0 Å². The first kappa shape index (κ1) is 19.9. The van der Waals surface area contributed by atoms with E-state index in [9.17, 15) is 4.79 Å². The van der Waals surface area contributed by atoms with Gasteiger partial charge in [-0.15, -0.1) is 11.3 Å². The number of rotatable bonds is 2. The van der Waals surface area contributed by atoms with E-state index in [0.717, 1.165) is 44.3 Å². The average molecular weight is 480 g/mol. The van der Waals surface area contributed by atoms with Gasteiger partial charge in [0.1, 0.15) is 0 Å². The van der Waals surface area contributed by atoms with Crippen LogP contribution in [0.25, 0.3) is 22.7 Å². The molecule has 2 aromatic carbocycles. The second-order valence-corrected chi connectivity index (χ2v) is 10.8. The van der Waals surface area contributed by atoms with E-state index in [1.165, 1.54) is 32.9 Å². The van der Waals surface area contributed by atoms with E-state index in [0.29, 0.717) is 0 Å². The fraction of sp³-hybridized carbons (Fsp3) is 0.143. The predicted octanol–water partition coefficient (Wildman–Crippen LogP) is 4.87. The van der Waals surface area contributed by atoms with E-state index >= 15 is 0 Å². The molecular formula is C28H21N3OS2. The Hall–Kier alpha value is -3.48. The number of hydrogen-bond donors (Lipinski definition) is 0. The average Bonchev–Trinajstić information content (AvgIpc) is 3.58. The summed E-state index contributed by atoms with van der Waals surface area (Å²) in [5.74, 6) is 0. The van der Waals surface area contributed by atoms with Gasteiger partial charge in [-0.05, 0) is 47.6 Å². The molecule has 7 rings (SSSR count). The maximum atomic E-state index is 13.8. The van der Waals surface area contributed by atoms with Crippen molar-refractivity contribution in [3.63, 3.8) is 0 Å². The summed E-state index contributed by atoms with van der Waals surface area (Å²) in [5, 5.41) is 3.25. The van der Waals surface area contributed by atoms with Crippen LogP contribution < -0.4 is 14.9 Å². The highest BCUT2D eigenvalue weighted by Crippen LogP contribution is 2.42. The van der Waals surface area contributed by atoms with Crippen LogP contribution in [0.5, 0.6) is 0 Å². The maximum Gasteiger partial charge on any atom is 0.271 e. The standard InChI is InChI=1S/C28H21N3OS2/c1-30-16-18(19-8-4-5-10-22(19)30)15-24-27(32)31-26(23-11-6-14-33-23)21-13-12-17-7-2-3-9-20(17)25(21)29-28(31)34-24/h2-11,14-16,26H,12-13H2,1H3/t26-/m0/s1. The van der Waals surface area contributed by atoms with Crippen LogP contribution in [-0.2, 0) is 13.5 Å². The second-order valence-electron chi connectivity index (χ2n) is 8.84. The lowest BCUT2D eigenvalue weighted by Crippen LogP contribution is -2.38. The molecule has 6 heteroatoms. The van der Waals surface area contributed by atoms with E-state index in [1.54, 1.807) is 11.3 Å². The SMILES string of the molecule is Cn1cc(C=c2sc3n(c2=O)[C@H](c2cccs2)C2=C(N=3)c3ccccc3CC2)c2ccccc21. The van der Waals surface area contributed by atoms with Crippen LogP contribution in [0.3, 0.4) is 0 Å². The van der Waals surface area contributed by atoms with Crippen LogP contribution in [-0.4, -0.2) is 9.13 Å². The summed E-state index contributed by atoms with van der Waals surface area (Å²) >= 11 is 3.21. The van der Waals surface area contributed by atoms with Crippen LogP contribution in [0.1, 0.15) is 34.0 Å². The molecule has 0 unspecified atom stereocenters. The lowest BCUT2D eigenvalue weighted by Gasteiger charge is -2.30. The summed E-state index contributed by atoms with van der Waals surface area (Å²) in [5.41, 5.74) is 7.11. The lowest BCUT2D eigenvalue weighted by atomic mass is 9.85. The Balaban J connectivity index is 1.50. The molecular weight excluding hydrogens is 458 g/mol. The van der Waals surface area contributed by atoms with Crippen LogP contribution in [0.15, 0.2) is 87.6 Å². The minimum Gasteiger partial charge on any atom is -0.350 e. The molecule has 0 bridgehead atoms. The van der Waals surface area contributed by atoms with Crippen molar-refractivity contribution >= 4 is 45.3 Å². The normalized spacial score (nSPS) is 17.4. The highest BCUT2D eigenvalue weighted by atomic mass is 32.1. The van der Waals surface area contributed by atoms with Crippen molar-refractivity contribution in [1.82, 2.24) is 9.13 Å². The van der Waals surface area contributed by atoms with E-state index < -0.39 is 0 Å². The number of benzene rings is 2. The first-order valence-corrected chi connectivity index (χ1v) is 13.1. The zero-order valence-corrected chi connectivity index (χ0v) is 20.2. The Morgan fingerprint density at radius 2 is 1.88 bits per heavy atom. The zero-order valence-electron chi connectivity index (χ0n) is 18.6. The van der Waals surface area contributed by atoms with Gasteiger partial charge in [0, 0.05) is 40.2 Å². The molecule has 4 nitrogen and oxygen atoms in total. The van der Waals surface area contributed by atoms with Gasteiger partial charge in [0.15, 0.2) is 4.80 Å². The smallest absolute Gasteiger partial charge is 0.271 e. The Morgan fingerprint density at radius 1 is 1.03 bits per heavy atom. The molecule has 0 radical (unpaired) electrons. The second kappa shape index (κ2) is 7.52. The minimum absolute atomic E-state index is 0.0421. The third-order valence-corrected chi connectivity index (χ3v) is 8.81. The van der Waals surface area contributed by atoms with Gasteiger partial charge in [0.05, 0.1) is 16.3 Å². The number of nitrogens with zero attached hydrogens (tertiary/aromatic N) is 3. The summed E-state index contributed by atoms with van der Waals surface area (Å²) in [6.45, 7) is 0. The summed E-state index contributed by atoms with van der Waals surface area (Å²) in [7, 11) is 2.05. The fourth-order valence-electron chi connectivity index (χ4n) is 5.35. The summed E-state index contributed by atoms with van der Waals surface area (Å²) in [4.78, 5) is 20.9. The van der Waals surface area contributed by atoms with Crippen molar-refractivity contribution in [2.75, 3.05) is 0 Å². The number of fused-ring (bicyclic) bond motifs is 4. The predicted molar refractivity (Wildman–Crippen MR) is 140 cm³/mol. The van der Waals surface area contributed by atoms with Crippen molar-refractivity contribution in [1.29, 1.82) is 0 Å². The Bertz CT molecular complexity index is 1800. The topological polar surface area (TPSA) is 39.3 Å². The molecule has 34 heavy (non-hydrogen) atoms. The molecule has 0 saturated carbocycles. The Morgan fingerprint density at radius 3 is 2.76 bits per heavy atom. The van der Waals surface area contributed by atoms with Gasteiger partial charge in [-0.25, -0.2) is 4.99 Å². The molecule has 1 atom stereocenters. The first-order chi connectivity index (χ1) is 16.7. The number of thiazole rings is 1. The molecule has 166 valence electrons. The molecule has 0 spiro atoms.